The molecule has 0 saturated heterocycles. The van der Waals surface area contributed by atoms with Crippen LogP contribution in [-0.4, -0.2) is 46.7 Å². The van der Waals surface area contributed by atoms with Crippen LogP contribution in [0.2, 0.25) is 0 Å². The topological polar surface area (TPSA) is 77.8 Å². The lowest BCUT2D eigenvalue weighted by atomic mass is 9.69. The normalized spacial score (nSPS) is 19.4. The highest BCUT2D eigenvalue weighted by Crippen LogP contribution is 2.42. The fourth-order valence-electron chi connectivity index (χ4n) is 3.00. The van der Waals surface area contributed by atoms with Crippen molar-refractivity contribution in [2.45, 2.75) is 64.4 Å². The highest BCUT2D eigenvalue weighted by molar-refractivity contribution is 5.78. The number of aliphatic carboxylic acids is 1. The molecule has 0 aliphatic heterocycles. The lowest BCUT2D eigenvalue weighted by molar-refractivity contribution is -0.142. The number of carbonyl (C=O) groups is 2. The molecule has 0 spiro atoms. The van der Waals surface area contributed by atoms with Crippen LogP contribution in [0.3, 0.4) is 0 Å². The SMILES string of the molecule is CC(O)CCN(C)C(=O)CC1(CC(=O)O)CCCCC1. The number of carboxylic acids is 1. The van der Waals surface area contributed by atoms with Gasteiger partial charge in [-0.15, -0.1) is 0 Å². The lowest BCUT2D eigenvalue weighted by Gasteiger charge is -2.36. The van der Waals surface area contributed by atoms with Crippen LogP contribution in [-0.2, 0) is 9.59 Å². The fraction of sp³-hybridized carbons (Fsp3) is 0.867. The standard InChI is InChI=1S/C15H27NO4/c1-12(17)6-9-16(2)13(18)10-15(11-14(19)20)7-4-3-5-8-15/h12,17H,3-11H2,1-2H3,(H,19,20). The summed E-state index contributed by atoms with van der Waals surface area (Å²) >= 11 is 0. The van der Waals surface area contributed by atoms with E-state index < -0.39 is 12.1 Å². The minimum atomic E-state index is -0.814. The van der Waals surface area contributed by atoms with Gasteiger partial charge in [0.25, 0.3) is 0 Å². The van der Waals surface area contributed by atoms with E-state index in [0.717, 1.165) is 32.1 Å². The molecule has 0 aromatic rings. The first kappa shape index (κ1) is 17.0. The Morgan fingerprint density at radius 1 is 1.20 bits per heavy atom. The maximum Gasteiger partial charge on any atom is 0.303 e. The van der Waals surface area contributed by atoms with Gasteiger partial charge in [-0.3, -0.25) is 9.59 Å². The van der Waals surface area contributed by atoms with E-state index >= 15 is 0 Å². The third-order valence-corrected chi connectivity index (χ3v) is 4.27. The molecule has 0 aromatic heterocycles. The third kappa shape index (κ3) is 5.49. The van der Waals surface area contributed by atoms with Gasteiger partial charge < -0.3 is 15.1 Å². The second-order valence-electron chi connectivity index (χ2n) is 6.26. The molecule has 1 aliphatic rings. The maximum atomic E-state index is 12.3. The summed E-state index contributed by atoms with van der Waals surface area (Å²) in [7, 11) is 1.72. The number of carboxylic acid groups (broad SMARTS) is 1. The van der Waals surface area contributed by atoms with Gasteiger partial charge >= 0.3 is 5.97 Å². The molecule has 1 saturated carbocycles. The number of aliphatic hydroxyl groups excluding tert-OH is 1. The number of nitrogens with zero attached hydrogens (tertiary/aromatic N) is 1. The first-order chi connectivity index (χ1) is 9.34. The fourth-order valence-corrected chi connectivity index (χ4v) is 3.00. The first-order valence-electron chi connectivity index (χ1n) is 7.48. The van der Waals surface area contributed by atoms with Crippen molar-refractivity contribution in [2.75, 3.05) is 13.6 Å². The number of rotatable bonds is 7. The Balaban J connectivity index is 2.59. The lowest BCUT2D eigenvalue weighted by Crippen LogP contribution is -2.37. The van der Waals surface area contributed by atoms with Crippen molar-refractivity contribution in [1.29, 1.82) is 0 Å². The van der Waals surface area contributed by atoms with Gasteiger partial charge in [-0.2, -0.15) is 0 Å². The summed E-state index contributed by atoms with van der Waals surface area (Å²) in [6.07, 6.45) is 5.34. The van der Waals surface area contributed by atoms with Crippen LogP contribution in [0, 0.1) is 5.41 Å². The van der Waals surface area contributed by atoms with E-state index in [2.05, 4.69) is 0 Å². The van der Waals surface area contributed by atoms with Crippen molar-refractivity contribution >= 4 is 11.9 Å². The van der Waals surface area contributed by atoms with Crippen molar-refractivity contribution in [2.24, 2.45) is 5.41 Å². The summed E-state index contributed by atoms with van der Waals surface area (Å²) in [5.74, 6) is -0.819. The van der Waals surface area contributed by atoms with Crippen LogP contribution in [0.15, 0.2) is 0 Å². The Labute approximate surface area is 121 Å². The van der Waals surface area contributed by atoms with Gasteiger partial charge in [0.15, 0.2) is 0 Å². The van der Waals surface area contributed by atoms with E-state index in [1.165, 1.54) is 0 Å². The third-order valence-electron chi connectivity index (χ3n) is 4.27. The molecule has 1 unspecified atom stereocenters. The van der Waals surface area contributed by atoms with E-state index in [-0.39, 0.29) is 17.7 Å². The van der Waals surface area contributed by atoms with E-state index in [0.29, 0.717) is 19.4 Å². The minimum Gasteiger partial charge on any atom is -0.481 e. The largest absolute Gasteiger partial charge is 0.481 e. The first-order valence-corrected chi connectivity index (χ1v) is 7.48. The summed E-state index contributed by atoms with van der Waals surface area (Å²) in [6.45, 7) is 2.21. The van der Waals surface area contributed by atoms with Gasteiger partial charge in [0.2, 0.25) is 5.91 Å². The number of carbonyl (C=O) groups excluding carboxylic acids is 1. The predicted octanol–water partition coefficient (Wildman–Crippen LogP) is 2.03. The van der Waals surface area contributed by atoms with Crippen molar-refractivity contribution in [3.8, 4) is 0 Å². The average molecular weight is 285 g/mol. The Bertz CT molecular complexity index is 335. The zero-order valence-electron chi connectivity index (χ0n) is 12.6. The smallest absolute Gasteiger partial charge is 0.303 e. The van der Waals surface area contributed by atoms with Gasteiger partial charge in [-0.25, -0.2) is 0 Å². The summed E-state index contributed by atoms with van der Waals surface area (Å²) < 4.78 is 0. The van der Waals surface area contributed by atoms with Gasteiger partial charge in [0.1, 0.15) is 0 Å². The zero-order chi connectivity index (χ0) is 15.2. The summed E-state index contributed by atoms with van der Waals surface area (Å²) in [5, 5.41) is 18.4. The molecule has 0 bridgehead atoms. The molecule has 5 nitrogen and oxygen atoms in total. The van der Waals surface area contributed by atoms with E-state index in [1.54, 1.807) is 18.9 Å². The van der Waals surface area contributed by atoms with Crippen molar-refractivity contribution < 1.29 is 19.8 Å². The highest BCUT2D eigenvalue weighted by atomic mass is 16.4. The molecule has 2 N–H and O–H groups in total. The number of aliphatic hydroxyl groups is 1. The second kappa shape index (κ2) is 7.62. The molecule has 0 aromatic carbocycles. The van der Waals surface area contributed by atoms with Crippen molar-refractivity contribution in [3.05, 3.63) is 0 Å². The molecule has 1 fully saturated rings. The van der Waals surface area contributed by atoms with E-state index in [1.807, 2.05) is 0 Å². The quantitative estimate of drug-likeness (QED) is 0.750. The van der Waals surface area contributed by atoms with Crippen LogP contribution in [0.5, 0.6) is 0 Å². The van der Waals surface area contributed by atoms with Gasteiger partial charge in [-0.1, -0.05) is 19.3 Å². The second-order valence-corrected chi connectivity index (χ2v) is 6.26. The van der Waals surface area contributed by atoms with Crippen LogP contribution in [0.25, 0.3) is 0 Å². The Hall–Kier alpha value is -1.10. The average Bonchev–Trinajstić information content (AvgIpc) is 2.35. The molecule has 5 heteroatoms. The number of hydrogen-bond acceptors (Lipinski definition) is 3. The van der Waals surface area contributed by atoms with E-state index in [4.69, 9.17) is 5.11 Å². The summed E-state index contributed by atoms with van der Waals surface area (Å²) in [5.41, 5.74) is -0.361. The molecule has 1 atom stereocenters. The van der Waals surface area contributed by atoms with E-state index in [9.17, 15) is 14.7 Å². The monoisotopic (exact) mass is 285 g/mol. The Kier molecular flexibility index (Phi) is 6.46. The van der Waals surface area contributed by atoms with Gasteiger partial charge in [-0.05, 0) is 31.6 Å². The van der Waals surface area contributed by atoms with Crippen molar-refractivity contribution in [3.63, 3.8) is 0 Å². The summed E-state index contributed by atoms with van der Waals surface area (Å²) in [4.78, 5) is 25.0. The Morgan fingerprint density at radius 2 is 1.80 bits per heavy atom. The molecule has 0 radical (unpaired) electrons. The van der Waals surface area contributed by atoms with Crippen LogP contribution < -0.4 is 0 Å². The minimum absolute atomic E-state index is 0.00574. The predicted molar refractivity (Wildman–Crippen MR) is 76.3 cm³/mol. The molecule has 116 valence electrons. The molecule has 1 rings (SSSR count). The van der Waals surface area contributed by atoms with Gasteiger partial charge in [0, 0.05) is 20.0 Å². The number of hydrogen-bond donors (Lipinski definition) is 2. The van der Waals surface area contributed by atoms with Crippen molar-refractivity contribution in [1.82, 2.24) is 4.90 Å². The van der Waals surface area contributed by atoms with Crippen LogP contribution in [0.1, 0.15) is 58.3 Å². The zero-order valence-corrected chi connectivity index (χ0v) is 12.6. The molecular weight excluding hydrogens is 258 g/mol. The van der Waals surface area contributed by atoms with Crippen LogP contribution in [0.4, 0.5) is 0 Å². The molecule has 1 aliphatic carbocycles. The summed E-state index contributed by atoms with van der Waals surface area (Å²) in [6, 6.07) is 0. The molecule has 0 heterocycles. The Morgan fingerprint density at radius 3 is 2.30 bits per heavy atom. The molecule has 20 heavy (non-hydrogen) atoms. The highest BCUT2D eigenvalue weighted by Gasteiger charge is 2.37. The van der Waals surface area contributed by atoms with Gasteiger partial charge in [0.05, 0.1) is 12.5 Å². The maximum absolute atomic E-state index is 12.3. The number of amides is 1. The van der Waals surface area contributed by atoms with Crippen LogP contribution >= 0.6 is 0 Å². The molecular formula is C15H27NO4. The molecule has 1 amide bonds.